The Morgan fingerprint density at radius 1 is 1.38 bits per heavy atom. The second kappa shape index (κ2) is 3.97. The minimum Gasteiger partial charge on any atom is -0.368 e. The third kappa shape index (κ3) is 1.83. The number of aromatic nitrogens is 3. The predicted octanol–water partition coefficient (Wildman–Crippen LogP) is -0.526. The summed E-state index contributed by atoms with van der Waals surface area (Å²) in [5, 5.41) is 9.80. The Balaban J connectivity index is 2.26. The number of benzene rings is 1. The number of nitrogens with one attached hydrogen (secondary N) is 1. The van der Waals surface area contributed by atoms with Crippen LogP contribution in [0.3, 0.4) is 0 Å². The molecule has 7 heteroatoms. The normalized spacial score (nSPS) is 10.2. The molecule has 0 radical (unpaired) electrons. The van der Waals surface area contributed by atoms with Gasteiger partial charge in [0.1, 0.15) is 5.52 Å². The maximum atomic E-state index is 11.6. The lowest BCUT2D eigenvalue weighted by molar-refractivity contribution is -0.117. The van der Waals surface area contributed by atoms with Crippen molar-refractivity contribution >= 4 is 23.0 Å². The van der Waals surface area contributed by atoms with Gasteiger partial charge < -0.3 is 11.1 Å². The van der Waals surface area contributed by atoms with E-state index in [-0.39, 0.29) is 6.54 Å². The minimum absolute atomic E-state index is 0.229. The van der Waals surface area contributed by atoms with Crippen LogP contribution in [-0.4, -0.2) is 33.5 Å². The number of rotatable bonds is 2. The summed E-state index contributed by atoms with van der Waals surface area (Å²) in [5.41, 5.74) is 6.09. The summed E-state index contributed by atoms with van der Waals surface area (Å²) in [4.78, 5) is 22.1. The SMILES string of the molecule is NC(=O)CNC(=O)n1nnc2ccccc21. The summed E-state index contributed by atoms with van der Waals surface area (Å²) in [6, 6.07) is 6.47. The van der Waals surface area contributed by atoms with Gasteiger partial charge in [0.05, 0.1) is 12.1 Å². The summed E-state index contributed by atoms with van der Waals surface area (Å²) < 4.78 is 1.08. The van der Waals surface area contributed by atoms with E-state index in [0.717, 1.165) is 4.68 Å². The molecule has 0 aliphatic heterocycles. The smallest absolute Gasteiger partial charge is 0.344 e. The Morgan fingerprint density at radius 2 is 2.12 bits per heavy atom. The van der Waals surface area contributed by atoms with Crippen molar-refractivity contribution in [1.29, 1.82) is 0 Å². The molecule has 0 bridgehead atoms. The molecular weight excluding hydrogens is 210 g/mol. The first-order chi connectivity index (χ1) is 7.68. The first-order valence-electron chi connectivity index (χ1n) is 4.55. The number of carbonyl (C=O) groups excluding carboxylic acids is 2. The van der Waals surface area contributed by atoms with Crippen LogP contribution in [-0.2, 0) is 4.79 Å². The van der Waals surface area contributed by atoms with Crippen LogP contribution in [0.4, 0.5) is 4.79 Å². The van der Waals surface area contributed by atoms with Crippen molar-refractivity contribution in [3.8, 4) is 0 Å². The Kier molecular flexibility index (Phi) is 2.50. The van der Waals surface area contributed by atoms with Gasteiger partial charge in [-0.25, -0.2) is 4.79 Å². The van der Waals surface area contributed by atoms with Gasteiger partial charge in [-0.3, -0.25) is 4.79 Å². The zero-order valence-electron chi connectivity index (χ0n) is 8.25. The summed E-state index contributed by atoms with van der Waals surface area (Å²) in [6.07, 6.45) is 0. The molecule has 0 saturated heterocycles. The van der Waals surface area contributed by atoms with Crippen LogP contribution >= 0.6 is 0 Å². The van der Waals surface area contributed by atoms with E-state index >= 15 is 0 Å². The van der Waals surface area contributed by atoms with Crippen molar-refractivity contribution in [2.75, 3.05) is 6.54 Å². The molecule has 3 N–H and O–H groups in total. The van der Waals surface area contributed by atoms with Gasteiger partial charge in [0.25, 0.3) is 0 Å². The summed E-state index contributed by atoms with van der Waals surface area (Å²) in [6.45, 7) is -0.229. The van der Waals surface area contributed by atoms with Crippen LogP contribution in [0.1, 0.15) is 0 Å². The zero-order chi connectivity index (χ0) is 11.5. The fourth-order valence-corrected chi connectivity index (χ4v) is 1.26. The molecule has 1 heterocycles. The average molecular weight is 219 g/mol. The monoisotopic (exact) mass is 219 g/mol. The molecule has 82 valence electrons. The molecule has 7 nitrogen and oxygen atoms in total. The Morgan fingerprint density at radius 3 is 2.88 bits per heavy atom. The number of nitrogens with zero attached hydrogens (tertiary/aromatic N) is 3. The highest BCUT2D eigenvalue weighted by Crippen LogP contribution is 2.08. The molecule has 0 atom stereocenters. The van der Waals surface area contributed by atoms with Gasteiger partial charge in [-0.05, 0) is 12.1 Å². The van der Waals surface area contributed by atoms with Crippen LogP contribution in [0.2, 0.25) is 0 Å². The lowest BCUT2D eigenvalue weighted by Crippen LogP contribution is -2.36. The minimum atomic E-state index is -0.613. The van der Waals surface area contributed by atoms with E-state index in [2.05, 4.69) is 15.6 Å². The van der Waals surface area contributed by atoms with E-state index in [4.69, 9.17) is 5.73 Å². The molecule has 0 unspecified atom stereocenters. The van der Waals surface area contributed by atoms with Gasteiger partial charge in [0.2, 0.25) is 5.91 Å². The zero-order valence-corrected chi connectivity index (χ0v) is 8.25. The number of amides is 2. The fraction of sp³-hybridized carbons (Fsp3) is 0.111. The van der Waals surface area contributed by atoms with Crippen LogP contribution < -0.4 is 11.1 Å². The average Bonchev–Trinajstić information content (AvgIpc) is 2.69. The van der Waals surface area contributed by atoms with Gasteiger partial charge >= 0.3 is 6.03 Å². The van der Waals surface area contributed by atoms with Crippen molar-refractivity contribution in [2.45, 2.75) is 0 Å². The van der Waals surface area contributed by atoms with E-state index in [9.17, 15) is 9.59 Å². The van der Waals surface area contributed by atoms with Crippen LogP contribution in [0, 0.1) is 0 Å². The molecule has 0 spiro atoms. The van der Waals surface area contributed by atoms with Gasteiger partial charge in [-0.1, -0.05) is 17.3 Å². The number of nitrogens with two attached hydrogens (primary N) is 1. The number of hydrogen-bond acceptors (Lipinski definition) is 4. The standard InChI is InChI=1S/C9H9N5O2/c10-8(15)5-11-9(16)14-7-4-2-1-3-6(7)12-13-14/h1-4H,5H2,(H2,10,15)(H,11,16). The molecular formula is C9H9N5O2. The molecule has 0 aliphatic rings. The topological polar surface area (TPSA) is 103 Å². The Labute approximate surface area is 90.2 Å². The van der Waals surface area contributed by atoms with E-state index in [1.807, 2.05) is 0 Å². The highest BCUT2D eigenvalue weighted by Gasteiger charge is 2.11. The highest BCUT2D eigenvalue weighted by atomic mass is 16.2. The van der Waals surface area contributed by atoms with Crippen molar-refractivity contribution in [3.63, 3.8) is 0 Å². The van der Waals surface area contributed by atoms with Crippen molar-refractivity contribution in [2.24, 2.45) is 5.73 Å². The lowest BCUT2D eigenvalue weighted by atomic mass is 10.3. The quantitative estimate of drug-likeness (QED) is 0.708. The second-order valence-electron chi connectivity index (χ2n) is 3.11. The molecule has 0 saturated carbocycles. The number of fused-ring (bicyclic) bond motifs is 1. The van der Waals surface area contributed by atoms with E-state index in [0.29, 0.717) is 11.0 Å². The van der Waals surface area contributed by atoms with Gasteiger partial charge in [-0.2, -0.15) is 4.68 Å². The molecule has 0 aliphatic carbocycles. The maximum absolute atomic E-state index is 11.6. The number of primary amides is 1. The number of carbonyl (C=O) groups is 2. The molecule has 2 aromatic rings. The summed E-state index contributed by atoms with van der Waals surface area (Å²) in [5.74, 6) is -0.613. The summed E-state index contributed by atoms with van der Waals surface area (Å²) in [7, 11) is 0. The van der Waals surface area contributed by atoms with Gasteiger partial charge in [-0.15, -0.1) is 5.10 Å². The second-order valence-corrected chi connectivity index (χ2v) is 3.11. The van der Waals surface area contributed by atoms with Crippen LogP contribution in [0.15, 0.2) is 24.3 Å². The molecule has 1 aromatic heterocycles. The van der Waals surface area contributed by atoms with Crippen molar-refractivity contribution in [3.05, 3.63) is 24.3 Å². The van der Waals surface area contributed by atoms with E-state index < -0.39 is 11.9 Å². The van der Waals surface area contributed by atoms with Gasteiger partial charge in [0, 0.05) is 0 Å². The highest BCUT2D eigenvalue weighted by molar-refractivity contribution is 5.89. The van der Waals surface area contributed by atoms with E-state index in [1.54, 1.807) is 24.3 Å². The van der Waals surface area contributed by atoms with Crippen LogP contribution in [0.25, 0.3) is 11.0 Å². The number of para-hydroxylation sites is 1. The lowest BCUT2D eigenvalue weighted by Gasteiger charge is -2.01. The third-order valence-electron chi connectivity index (χ3n) is 1.96. The summed E-state index contributed by atoms with van der Waals surface area (Å²) >= 11 is 0. The Bertz CT molecular complexity index is 548. The number of hydrogen-bond donors (Lipinski definition) is 2. The first kappa shape index (κ1) is 10.1. The van der Waals surface area contributed by atoms with Crippen molar-refractivity contribution < 1.29 is 9.59 Å². The molecule has 1 aromatic carbocycles. The maximum Gasteiger partial charge on any atom is 0.344 e. The third-order valence-corrected chi connectivity index (χ3v) is 1.96. The Hall–Kier alpha value is -2.44. The van der Waals surface area contributed by atoms with E-state index in [1.165, 1.54) is 0 Å². The largest absolute Gasteiger partial charge is 0.368 e. The molecule has 16 heavy (non-hydrogen) atoms. The fourth-order valence-electron chi connectivity index (χ4n) is 1.26. The van der Waals surface area contributed by atoms with Gasteiger partial charge in [0.15, 0.2) is 0 Å². The molecule has 0 fully saturated rings. The predicted molar refractivity (Wildman–Crippen MR) is 55.5 cm³/mol. The van der Waals surface area contributed by atoms with Crippen LogP contribution in [0.5, 0.6) is 0 Å². The van der Waals surface area contributed by atoms with Crippen molar-refractivity contribution in [1.82, 2.24) is 20.3 Å². The first-order valence-corrected chi connectivity index (χ1v) is 4.55. The molecule has 2 amide bonds. The molecule has 2 rings (SSSR count).